The summed E-state index contributed by atoms with van der Waals surface area (Å²) in [6, 6.07) is 4.47. The number of nitrogens with two attached hydrogens (primary N) is 1. The van der Waals surface area contributed by atoms with Crippen LogP contribution in [0.4, 0.5) is 30.7 Å². The van der Waals surface area contributed by atoms with Crippen molar-refractivity contribution in [1.29, 1.82) is 0 Å². The van der Waals surface area contributed by atoms with Gasteiger partial charge in [-0.05, 0) is 53.8 Å². The number of hydrogen-bond donors (Lipinski definition) is 1. The van der Waals surface area contributed by atoms with Crippen molar-refractivity contribution in [3.05, 3.63) is 70.9 Å². The Balaban J connectivity index is 1.79. The number of carbonyl (C=O) groups excluding carboxylic acids is 1. The summed E-state index contributed by atoms with van der Waals surface area (Å²) >= 11 is 0. The number of hydrazone groups is 1. The van der Waals surface area contributed by atoms with Crippen LogP contribution in [-0.4, -0.2) is 33.8 Å². The molecule has 2 heterocycles. The van der Waals surface area contributed by atoms with E-state index in [1.165, 1.54) is 17.3 Å². The van der Waals surface area contributed by atoms with Crippen molar-refractivity contribution in [2.75, 3.05) is 0 Å². The van der Waals surface area contributed by atoms with Gasteiger partial charge in [-0.2, -0.15) is 35.8 Å². The molecule has 35 heavy (non-hydrogen) atoms. The van der Waals surface area contributed by atoms with Gasteiger partial charge in [0.2, 0.25) is 5.95 Å². The summed E-state index contributed by atoms with van der Waals surface area (Å²) in [5.74, 6) is -2.01. The Morgan fingerprint density at radius 1 is 1.17 bits per heavy atom. The predicted octanol–water partition coefficient (Wildman–Crippen LogP) is 4.92. The number of benzene rings is 1. The highest BCUT2D eigenvalue weighted by atomic mass is 19.4. The van der Waals surface area contributed by atoms with Crippen LogP contribution < -0.4 is 5.73 Å². The van der Waals surface area contributed by atoms with E-state index < -0.39 is 41.8 Å². The molecular formula is C23H19F7N4O. The molecule has 1 aromatic heterocycles. The Hall–Kier alpha value is -3.44. The van der Waals surface area contributed by atoms with Gasteiger partial charge in [-0.3, -0.25) is 9.80 Å². The minimum Gasteiger partial charge on any atom is -0.366 e. The molecule has 12 heteroatoms. The average molecular weight is 500 g/mol. The summed E-state index contributed by atoms with van der Waals surface area (Å²) in [6.07, 6.45) is -8.07. The standard InChI is InChI=1S/C23H19F7N4O/c1-11-16-7-18(16)34(10-17(21(31)35)13-2-3-19(24)32-9-13)33-20(11)14-4-12(8-22(25,26)27)5-15(6-14)23(28,29)30/h2-6,9-11,16,18H,7-8H2,1H3,(H2,31,35)/b17-10-. The van der Waals surface area contributed by atoms with Crippen LogP contribution in [0.2, 0.25) is 0 Å². The molecule has 1 aliphatic carbocycles. The molecule has 1 fully saturated rings. The summed E-state index contributed by atoms with van der Waals surface area (Å²) in [7, 11) is 0. The smallest absolute Gasteiger partial charge is 0.366 e. The maximum absolute atomic E-state index is 13.5. The lowest BCUT2D eigenvalue weighted by atomic mass is 9.90. The van der Waals surface area contributed by atoms with Crippen molar-refractivity contribution in [3.8, 4) is 0 Å². The molecule has 1 aromatic carbocycles. The van der Waals surface area contributed by atoms with E-state index in [2.05, 4.69) is 10.1 Å². The van der Waals surface area contributed by atoms with Gasteiger partial charge in [0.05, 0.1) is 29.3 Å². The highest BCUT2D eigenvalue weighted by molar-refractivity contribution is 6.18. The summed E-state index contributed by atoms with van der Waals surface area (Å²) in [6.45, 7) is 1.74. The molecule has 4 rings (SSSR count). The normalized spacial score (nSPS) is 22.5. The molecular weight excluding hydrogens is 481 g/mol. The topological polar surface area (TPSA) is 71.6 Å². The van der Waals surface area contributed by atoms with Crippen molar-refractivity contribution in [3.63, 3.8) is 0 Å². The number of alkyl halides is 6. The van der Waals surface area contributed by atoms with Gasteiger partial charge in [-0.1, -0.05) is 6.92 Å². The molecule has 2 N–H and O–H groups in total. The van der Waals surface area contributed by atoms with E-state index in [-0.39, 0.29) is 40.3 Å². The van der Waals surface area contributed by atoms with Crippen molar-refractivity contribution in [2.45, 2.75) is 38.2 Å². The second kappa shape index (κ2) is 8.65. The number of carbonyl (C=O) groups is 1. The van der Waals surface area contributed by atoms with Gasteiger partial charge in [0.15, 0.2) is 0 Å². The minimum absolute atomic E-state index is 0.0418. The van der Waals surface area contributed by atoms with Crippen LogP contribution in [0.25, 0.3) is 5.57 Å². The van der Waals surface area contributed by atoms with Crippen molar-refractivity contribution in [1.82, 2.24) is 9.99 Å². The molecule has 2 aromatic rings. The average Bonchev–Trinajstić information content (AvgIpc) is 3.53. The summed E-state index contributed by atoms with van der Waals surface area (Å²) in [5, 5.41) is 5.79. The minimum atomic E-state index is -4.86. The molecule has 0 bridgehead atoms. The van der Waals surface area contributed by atoms with E-state index in [0.717, 1.165) is 24.4 Å². The maximum atomic E-state index is 13.5. The highest BCUT2D eigenvalue weighted by Crippen LogP contribution is 2.47. The summed E-state index contributed by atoms with van der Waals surface area (Å²) in [4.78, 5) is 15.5. The van der Waals surface area contributed by atoms with Crippen LogP contribution in [0.3, 0.4) is 0 Å². The number of nitrogens with zero attached hydrogens (tertiary/aromatic N) is 3. The molecule has 186 valence electrons. The van der Waals surface area contributed by atoms with Gasteiger partial charge in [0.1, 0.15) is 0 Å². The monoisotopic (exact) mass is 500 g/mol. The van der Waals surface area contributed by atoms with Crippen molar-refractivity contribution < 1.29 is 35.5 Å². The number of amides is 1. The zero-order valence-corrected chi connectivity index (χ0v) is 18.2. The van der Waals surface area contributed by atoms with Crippen LogP contribution in [0.1, 0.15) is 35.6 Å². The zero-order valence-electron chi connectivity index (χ0n) is 18.2. The van der Waals surface area contributed by atoms with Crippen LogP contribution in [-0.2, 0) is 17.4 Å². The van der Waals surface area contributed by atoms with Gasteiger partial charge in [-0.15, -0.1) is 0 Å². The Morgan fingerprint density at radius 2 is 1.89 bits per heavy atom. The van der Waals surface area contributed by atoms with E-state index in [9.17, 15) is 35.5 Å². The highest BCUT2D eigenvalue weighted by Gasteiger charge is 2.50. The number of fused-ring (bicyclic) bond motifs is 1. The van der Waals surface area contributed by atoms with Gasteiger partial charge in [-0.25, -0.2) is 4.98 Å². The zero-order chi connectivity index (χ0) is 25.7. The molecule has 1 saturated carbocycles. The van der Waals surface area contributed by atoms with Crippen LogP contribution in [0, 0.1) is 17.8 Å². The van der Waals surface area contributed by atoms with Crippen LogP contribution >= 0.6 is 0 Å². The predicted molar refractivity (Wildman–Crippen MR) is 112 cm³/mol. The lowest BCUT2D eigenvalue weighted by molar-refractivity contribution is -0.138. The third-order valence-electron chi connectivity index (χ3n) is 6.03. The first-order chi connectivity index (χ1) is 16.2. The maximum Gasteiger partial charge on any atom is 0.416 e. The fraction of sp³-hybridized carbons (Fsp3) is 0.348. The number of pyridine rings is 1. The lowest BCUT2D eigenvalue weighted by Crippen LogP contribution is -2.31. The quantitative estimate of drug-likeness (QED) is 0.360. The Morgan fingerprint density at radius 3 is 2.46 bits per heavy atom. The Kier molecular flexibility index (Phi) is 6.10. The molecule has 5 nitrogen and oxygen atoms in total. The molecule has 2 aliphatic rings. The second-order valence-corrected chi connectivity index (χ2v) is 8.61. The van der Waals surface area contributed by atoms with E-state index >= 15 is 0 Å². The third-order valence-corrected chi connectivity index (χ3v) is 6.03. The first-order valence-electron chi connectivity index (χ1n) is 10.5. The second-order valence-electron chi connectivity index (χ2n) is 8.61. The van der Waals surface area contributed by atoms with E-state index in [4.69, 9.17) is 5.73 Å². The molecule has 0 saturated heterocycles. The molecule has 3 unspecified atom stereocenters. The fourth-order valence-electron chi connectivity index (χ4n) is 4.26. The van der Waals surface area contributed by atoms with Gasteiger partial charge >= 0.3 is 12.4 Å². The van der Waals surface area contributed by atoms with Crippen LogP contribution in [0.5, 0.6) is 0 Å². The first-order valence-corrected chi connectivity index (χ1v) is 10.5. The molecule has 3 atom stereocenters. The van der Waals surface area contributed by atoms with Crippen LogP contribution in [0.15, 0.2) is 47.8 Å². The largest absolute Gasteiger partial charge is 0.416 e. The van der Waals surface area contributed by atoms with Gasteiger partial charge in [0, 0.05) is 23.9 Å². The number of primary amides is 1. The third kappa shape index (κ3) is 5.46. The lowest BCUT2D eigenvalue weighted by Gasteiger charge is -2.28. The SMILES string of the molecule is CC1C(c2cc(CC(F)(F)F)cc(C(F)(F)F)c2)=NN(/C=C(\C(N)=O)c2ccc(F)nc2)C2CC12. The summed E-state index contributed by atoms with van der Waals surface area (Å²) in [5.41, 5.74) is 3.96. The number of aromatic nitrogens is 1. The Labute approximate surface area is 195 Å². The van der Waals surface area contributed by atoms with Crippen molar-refractivity contribution in [2.24, 2.45) is 22.7 Å². The summed E-state index contributed by atoms with van der Waals surface area (Å²) < 4.78 is 92.4. The van der Waals surface area contributed by atoms with E-state index in [0.29, 0.717) is 12.5 Å². The Bertz CT molecular complexity index is 1200. The van der Waals surface area contributed by atoms with Gasteiger partial charge in [0.25, 0.3) is 5.91 Å². The van der Waals surface area contributed by atoms with E-state index in [1.54, 1.807) is 6.92 Å². The fourth-order valence-corrected chi connectivity index (χ4v) is 4.26. The number of rotatable bonds is 5. The molecule has 1 aliphatic heterocycles. The number of halogens is 7. The van der Waals surface area contributed by atoms with Crippen molar-refractivity contribution >= 4 is 17.2 Å². The molecule has 0 spiro atoms. The van der Waals surface area contributed by atoms with E-state index in [1.807, 2.05) is 0 Å². The first kappa shape index (κ1) is 24.7. The molecule has 1 amide bonds. The van der Waals surface area contributed by atoms with Gasteiger partial charge < -0.3 is 5.73 Å². The number of hydrogen-bond acceptors (Lipinski definition) is 4. The molecule has 0 radical (unpaired) electrons.